The van der Waals surface area contributed by atoms with Gasteiger partial charge in [0.05, 0.1) is 5.92 Å². The zero-order valence-electron chi connectivity index (χ0n) is 25.7. The lowest BCUT2D eigenvalue weighted by Crippen LogP contribution is -2.54. The van der Waals surface area contributed by atoms with Crippen LogP contribution in [0.2, 0.25) is 0 Å². The molecule has 1 atom stereocenters. The predicted octanol–water partition coefficient (Wildman–Crippen LogP) is 5.47. The largest absolute Gasteiger partial charge is 0.478 e. The van der Waals surface area contributed by atoms with Crippen LogP contribution in [0.1, 0.15) is 71.4 Å². The maximum absolute atomic E-state index is 13.8. The number of nitrogens with zero attached hydrogens (tertiary/aromatic N) is 3. The fraction of sp³-hybridized carbons (Fsp3) is 0.576. The van der Waals surface area contributed by atoms with E-state index >= 15 is 0 Å². The van der Waals surface area contributed by atoms with E-state index < -0.39 is 5.60 Å². The molecule has 1 unspecified atom stereocenters. The van der Waals surface area contributed by atoms with Crippen molar-refractivity contribution in [3.63, 3.8) is 0 Å². The summed E-state index contributed by atoms with van der Waals surface area (Å²) in [7, 11) is 0. The van der Waals surface area contributed by atoms with Gasteiger partial charge < -0.3 is 24.8 Å². The van der Waals surface area contributed by atoms with Crippen molar-refractivity contribution < 1.29 is 14.3 Å². The lowest BCUT2D eigenvalue weighted by Gasteiger charge is -2.38. The molecule has 0 saturated carbocycles. The molecule has 2 aromatic rings. The molecule has 0 aliphatic carbocycles. The van der Waals surface area contributed by atoms with Crippen molar-refractivity contribution in [1.82, 2.24) is 15.1 Å². The topological polar surface area (TPSA) is 65.1 Å². The monoisotopic (exact) mass is 584 g/mol. The highest BCUT2D eigenvalue weighted by molar-refractivity contribution is 5.85. The number of hydrogen-bond donors (Lipinski definition) is 1. The van der Waals surface area contributed by atoms with Crippen LogP contribution in [0, 0.1) is 5.92 Å². The Morgan fingerprint density at radius 1 is 1.02 bits per heavy atom. The van der Waals surface area contributed by atoms with Crippen molar-refractivity contribution in [2.24, 2.45) is 5.92 Å². The van der Waals surface area contributed by atoms with Crippen molar-refractivity contribution in [3.05, 3.63) is 59.7 Å². The minimum Gasteiger partial charge on any atom is -0.478 e. The van der Waals surface area contributed by atoms with Crippen LogP contribution in [0.3, 0.4) is 0 Å². The number of ether oxygens (including phenoxy) is 1. The zero-order valence-corrected chi connectivity index (χ0v) is 26.5. The van der Waals surface area contributed by atoms with E-state index in [4.69, 9.17) is 4.74 Å². The van der Waals surface area contributed by atoms with E-state index in [2.05, 4.69) is 68.2 Å². The summed E-state index contributed by atoms with van der Waals surface area (Å²) in [6.07, 6.45) is 1.86. The first-order valence-electron chi connectivity index (χ1n) is 15.0. The van der Waals surface area contributed by atoms with E-state index in [1.54, 1.807) is 0 Å². The molecule has 0 radical (unpaired) electrons. The molecule has 7 nitrogen and oxygen atoms in total. The zero-order chi connectivity index (χ0) is 28.9. The molecule has 0 bridgehead atoms. The molecule has 2 fully saturated rings. The van der Waals surface area contributed by atoms with Crippen LogP contribution in [-0.4, -0.2) is 72.5 Å². The van der Waals surface area contributed by atoms with E-state index in [-0.39, 0.29) is 36.2 Å². The first-order chi connectivity index (χ1) is 19.0. The maximum Gasteiger partial charge on any atom is 0.266 e. The summed E-state index contributed by atoms with van der Waals surface area (Å²) in [4.78, 5) is 33.1. The van der Waals surface area contributed by atoms with Gasteiger partial charge in [-0.25, -0.2) is 0 Å². The van der Waals surface area contributed by atoms with Crippen LogP contribution in [-0.2, 0) is 16.1 Å². The van der Waals surface area contributed by atoms with E-state index in [1.807, 2.05) is 41.8 Å². The lowest BCUT2D eigenvalue weighted by molar-refractivity contribution is -0.146. The second-order valence-corrected chi connectivity index (χ2v) is 12.4. The van der Waals surface area contributed by atoms with Gasteiger partial charge in [0.15, 0.2) is 5.60 Å². The molecule has 0 aromatic heterocycles. The number of carbonyl (C=O) groups excluding carboxylic acids is 2. The fourth-order valence-corrected chi connectivity index (χ4v) is 5.70. The van der Waals surface area contributed by atoms with Crippen molar-refractivity contribution in [2.45, 2.75) is 78.5 Å². The normalized spacial score (nSPS) is 17.8. The molecular weight excluding hydrogens is 536 g/mol. The van der Waals surface area contributed by atoms with Gasteiger partial charge in [0.1, 0.15) is 5.75 Å². The smallest absolute Gasteiger partial charge is 0.266 e. The van der Waals surface area contributed by atoms with Crippen LogP contribution in [0.4, 0.5) is 5.69 Å². The second kappa shape index (κ2) is 14.4. The molecule has 1 N–H and O–H groups in total. The van der Waals surface area contributed by atoms with Crippen LogP contribution in [0.5, 0.6) is 5.75 Å². The summed E-state index contributed by atoms with van der Waals surface area (Å²) < 4.78 is 6.27. The van der Waals surface area contributed by atoms with Crippen LogP contribution >= 0.6 is 12.4 Å². The number of amides is 2. The number of piperazine rings is 1. The molecule has 2 heterocycles. The molecule has 2 amide bonds. The van der Waals surface area contributed by atoms with Crippen LogP contribution in [0.25, 0.3) is 0 Å². The van der Waals surface area contributed by atoms with Crippen molar-refractivity contribution >= 4 is 29.9 Å². The highest BCUT2D eigenvalue weighted by atomic mass is 35.5. The van der Waals surface area contributed by atoms with Crippen LogP contribution < -0.4 is 15.0 Å². The number of hydrogen-bond acceptors (Lipinski definition) is 5. The summed E-state index contributed by atoms with van der Waals surface area (Å²) in [6.45, 7) is 17.5. The highest BCUT2D eigenvalue weighted by Crippen LogP contribution is 2.30. The van der Waals surface area contributed by atoms with E-state index in [1.165, 1.54) is 11.1 Å². The quantitative estimate of drug-likeness (QED) is 0.423. The van der Waals surface area contributed by atoms with E-state index in [9.17, 15) is 9.59 Å². The Hall–Kier alpha value is -2.77. The molecule has 226 valence electrons. The summed E-state index contributed by atoms with van der Waals surface area (Å²) in [5.74, 6) is 1.35. The first-order valence-corrected chi connectivity index (χ1v) is 15.0. The predicted molar refractivity (Wildman–Crippen MR) is 169 cm³/mol. The van der Waals surface area contributed by atoms with E-state index in [0.29, 0.717) is 37.8 Å². The molecule has 2 aliphatic rings. The van der Waals surface area contributed by atoms with Gasteiger partial charge in [0.2, 0.25) is 5.91 Å². The lowest BCUT2D eigenvalue weighted by atomic mass is 9.95. The first kappa shape index (κ1) is 32.7. The number of benzene rings is 2. The maximum atomic E-state index is 13.8. The highest BCUT2D eigenvalue weighted by Gasteiger charge is 2.35. The number of anilines is 1. The minimum atomic E-state index is -0.957. The number of piperidine rings is 1. The number of nitrogens with one attached hydrogen (secondary N) is 1. The Morgan fingerprint density at radius 2 is 1.71 bits per heavy atom. The van der Waals surface area contributed by atoms with Gasteiger partial charge in [-0.15, -0.1) is 12.4 Å². The third-order valence-corrected chi connectivity index (χ3v) is 8.15. The SMILES string of the molecule is CC(C)c1ccc(CN(C(=O)C2CCCN(c3cccc(OC(C)(C)C(=O)N4CCNCC4)c3)C2)C(C)C)cc1.Cl. The van der Waals surface area contributed by atoms with Gasteiger partial charge in [0.25, 0.3) is 5.91 Å². The van der Waals surface area contributed by atoms with Gasteiger partial charge in [-0.3, -0.25) is 9.59 Å². The van der Waals surface area contributed by atoms with Gasteiger partial charge in [-0.2, -0.15) is 0 Å². The Kier molecular flexibility index (Phi) is 11.5. The van der Waals surface area contributed by atoms with Crippen molar-refractivity contribution in [2.75, 3.05) is 44.2 Å². The summed E-state index contributed by atoms with van der Waals surface area (Å²) >= 11 is 0. The van der Waals surface area contributed by atoms with Crippen LogP contribution in [0.15, 0.2) is 48.5 Å². The Bertz CT molecular complexity index is 1150. The molecule has 2 aliphatic heterocycles. The third kappa shape index (κ3) is 8.39. The fourth-order valence-electron chi connectivity index (χ4n) is 5.70. The molecule has 4 rings (SSSR count). The average molecular weight is 585 g/mol. The summed E-state index contributed by atoms with van der Waals surface area (Å²) in [6, 6.07) is 16.8. The van der Waals surface area contributed by atoms with Gasteiger partial charge in [-0.05, 0) is 69.7 Å². The molecule has 2 aromatic carbocycles. The molecular formula is C33H49ClN4O3. The second-order valence-electron chi connectivity index (χ2n) is 12.4. The van der Waals surface area contributed by atoms with Gasteiger partial charge >= 0.3 is 0 Å². The summed E-state index contributed by atoms with van der Waals surface area (Å²) in [5.41, 5.74) is 2.56. The van der Waals surface area contributed by atoms with E-state index in [0.717, 1.165) is 38.2 Å². The average Bonchev–Trinajstić information content (AvgIpc) is 2.95. The van der Waals surface area contributed by atoms with Crippen molar-refractivity contribution in [3.8, 4) is 5.75 Å². The Balaban J connectivity index is 0.00000462. The molecule has 8 heteroatoms. The molecule has 2 saturated heterocycles. The number of rotatable bonds is 9. The van der Waals surface area contributed by atoms with Gasteiger partial charge in [-0.1, -0.05) is 44.2 Å². The Morgan fingerprint density at radius 3 is 2.34 bits per heavy atom. The summed E-state index contributed by atoms with van der Waals surface area (Å²) in [5, 5.41) is 3.29. The number of halogens is 1. The molecule has 0 spiro atoms. The standard InChI is InChI=1S/C33H48N4O3.ClH/c1-24(2)27-14-12-26(13-15-27)22-37(25(3)4)31(38)28-9-8-18-36(23-28)29-10-7-11-30(21-29)40-33(5,6)32(39)35-19-16-34-17-20-35;/h7,10-15,21,24-25,28,34H,8-9,16-20,22-23H2,1-6H3;1H. The van der Waals surface area contributed by atoms with Crippen molar-refractivity contribution in [1.29, 1.82) is 0 Å². The minimum absolute atomic E-state index is 0. The molecule has 41 heavy (non-hydrogen) atoms. The van der Waals surface area contributed by atoms with Gasteiger partial charge in [0, 0.05) is 63.6 Å². The Labute approximate surface area is 253 Å². The number of carbonyl (C=O) groups is 2. The third-order valence-electron chi connectivity index (χ3n) is 8.15.